The molecule has 374 valence electrons. The molecule has 0 saturated carbocycles. The molecule has 0 N–H and O–H groups in total. The van der Waals surface area contributed by atoms with Gasteiger partial charge < -0.3 is 0 Å². The first-order valence-corrected chi connectivity index (χ1v) is 22.2. The second kappa shape index (κ2) is 16.5. The van der Waals surface area contributed by atoms with E-state index in [0.717, 1.165) is 28.7 Å². The lowest BCUT2D eigenvalue weighted by molar-refractivity contribution is -0.443. The lowest BCUT2D eigenvalue weighted by Gasteiger charge is -2.41. The summed E-state index contributed by atoms with van der Waals surface area (Å²) in [6.07, 6.45) is -16.1. The first kappa shape index (κ1) is 53.7. The number of thiophene rings is 6. The minimum absolute atomic E-state index is 0.103. The van der Waals surface area contributed by atoms with Gasteiger partial charge in [-0.05, 0) is 45.8 Å². The molecule has 32 heteroatoms. The van der Waals surface area contributed by atoms with E-state index in [1.807, 2.05) is 0 Å². The quantitative estimate of drug-likeness (QED) is 0.0899. The third-order valence-corrected chi connectivity index (χ3v) is 15.9. The molecule has 6 rings (SSSR count). The van der Waals surface area contributed by atoms with Crippen molar-refractivity contribution in [3.05, 3.63) is 80.5 Å². The topological polar surface area (TPSA) is 0 Å². The number of rotatable bonds is 15. The summed E-state index contributed by atoms with van der Waals surface area (Å²) in [5.74, 6) is -86.2. The van der Waals surface area contributed by atoms with Crippen molar-refractivity contribution in [3.8, 4) is 50.8 Å². The maximum absolute atomic E-state index is 16.7. The van der Waals surface area contributed by atoms with Crippen molar-refractivity contribution in [3.63, 3.8) is 0 Å². The van der Waals surface area contributed by atoms with E-state index in [2.05, 4.69) is 0 Å². The molecule has 0 bridgehead atoms. The van der Waals surface area contributed by atoms with Gasteiger partial charge in [-0.25, -0.2) is 0 Å². The van der Waals surface area contributed by atoms with Crippen molar-refractivity contribution >= 4 is 68.0 Å². The Hall–Kier alpha value is -3.62. The number of hydrogen-bond donors (Lipinski definition) is 0. The van der Waals surface area contributed by atoms with Crippen LogP contribution in [-0.2, 0) is 11.8 Å². The van der Waals surface area contributed by atoms with Crippen LogP contribution in [-0.4, -0.2) is 59.7 Å². The van der Waals surface area contributed by atoms with Crippen molar-refractivity contribution in [2.75, 3.05) is 0 Å². The Morgan fingerprint density at radius 3 is 0.912 bits per heavy atom. The monoisotopic (exact) mass is 1130 g/mol. The maximum Gasteiger partial charge on any atom is 0.460 e. The minimum Gasteiger partial charge on any atom is -0.194 e. The van der Waals surface area contributed by atoms with Gasteiger partial charge in [-0.2, -0.15) is 114 Å². The van der Waals surface area contributed by atoms with Crippen LogP contribution in [0.1, 0.15) is 10.4 Å². The van der Waals surface area contributed by atoms with E-state index in [1.54, 1.807) is 0 Å². The molecule has 0 saturated heterocycles. The first-order chi connectivity index (χ1) is 30.6. The van der Waals surface area contributed by atoms with Crippen LogP contribution < -0.4 is 0 Å². The normalized spacial score (nSPS) is 14.9. The zero-order valence-electron chi connectivity index (χ0n) is 31.2. The number of halogens is 26. The summed E-state index contributed by atoms with van der Waals surface area (Å²) in [4.78, 5) is -8.18. The van der Waals surface area contributed by atoms with Crippen LogP contribution in [0.15, 0.2) is 70.1 Å². The summed E-state index contributed by atoms with van der Waals surface area (Å²) in [6.45, 7) is 0. The smallest absolute Gasteiger partial charge is 0.194 e. The van der Waals surface area contributed by atoms with Crippen LogP contribution in [0.3, 0.4) is 0 Å². The van der Waals surface area contributed by atoms with Gasteiger partial charge in [0.25, 0.3) is 0 Å². The maximum atomic E-state index is 16.7. The second-order valence-electron chi connectivity index (χ2n) is 13.7. The fraction of sp³-hybridized carbons (Fsp3) is 0.333. The highest BCUT2D eigenvalue weighted by atomic mass is 32.1. The Balaban J connectivity index is 1.84. The molecule has 6 heterocycles. The number of hydrogen-bond acceptors (Lipinski definition) is 6. The molecule has 0 radical (unpaired) electrons. The molecular formula is C36H12F26S6. The van der Waals surface area contributed by atoms with Crippen LogP contribution in [0.5, 0.6) is 0 Å². The van der Waals surface area contributed by atoms with Crippen LogP contribution in [0, 0.1) is 0 Å². The van der Waals surface area contributed by atoms with E-state index in [0.29, 0.717) is 28.8 Å². The van der Waals surface area contributed by atoms with E-state index >= 15 is 52.7 Å². The van der Waals surface area contributed by atoms with Gasteiger partial charge in [-0.15, -0.1) is 68.0 Å². The van der Waals surface area contributed by atoms with E-state index in [4.69, 9.17) is 0 Å². The Bertz CT molecular complexity index is 2710. The van der Waals surface area contributed by atoms with Gasteiger partial charge >= 0.3 is 71.6 Å². The predicted molar refractivity (Wildman–Crippen MR) is 200 cm³/mol. The van der Waals surface area contributed by atoms with Gasteiger partial charge in [0.15, 0.2) is 0 Å². The molecule has 0 aromatic carbocycles. The average molecular weight is 1130 g/mol. The highest BCUT2D eigenvalue weighted by molar-refractivity contribution is 7.28. The average Bonchev–Trinajstić information content (AvgIpc) is 4.06. The molecule has 0 aliphatic heterocycles. The standard InChI is InChI=1S/C36H12F26S6/c37-25(38,27(41,42)29(45,46)31(49,50)33(53,54)35(57,58)59)20-19(15-7-3-11-65-15)23(68-24(20)26(39,40)28(43,44)30(47,48)32(51,52)34(55,56)36(60,61)62)22-18(14-6-2-10-64-14)17(13-5-1-9-63-13)21(67-22)16-8-4-12-66-16/h1-12H. The summed E-state index contributed by atoms with van der Waals surface area (Å²) >= 11 is 0.682. The Kier molecular flexibility index (Phi) is 13.0. The summed E-state index contributed by atoms with van der Waals surface area (Å²) in [7, 11) is 0. The molecule has 68 heavy (non-hydrogen) atoms. The van der Waals surface area contributed by atoms with E-state index in [1.165, 1.54) is 46.5 Å². The molecule has 0 aliphatic carbocycles. The summed E-state index contributed by atoms with van der Waals surface area (Å²) < 4.78 is 382. The molecule has 0 nitrogen and oxygen atoms in total. The molecule has 0 aliphatic rings. The molecule has 6 aromatic heterocycles. The van der Waals surface area contributed by atoms with Gasteiger partial charge in [0.05, 0.1) is 25.1 Å². The van der Waals surface area contributed by atoms with Gasteiger partial charge in [-0.1, -0.05) is 24.3 Å². The molecule has 0 unspecified atom stereocenters. The van der Waals surface area contributed by atoms with Crippen molar-refractivity contribution in [2.24, 2.45) is 0 Å². The molecular weight excluding hydrogens is 1120 g/mol. The lowest BCUT2D eigenvalue weighted by Crippen LogP contribution is -2.70. The highest BCUT2D eigenvalue weighted by Crippen LogP contribution is 2.70. The lowest BCUT2D eigenvalue weighted by atomic mass is 9.85. The number of alkyl halides is 26. The van der Waals surface area contributed by atoms with Crippen molar-refractivity contribution in [1.82, 2.24) is 0 Å². The Morgan fingerprint density at radius 1 is 0.279 bits per heavy atom. The van der Waals surface area contributed by atoms with Crippen LogP contribution >= 0.6 is 68.0 Å². The van der Waals surface area contributed by atoms with Crippen molar-refractivity contribution < 1.29 is 114 Å². The predicted octanol–water partition coefficient (Wildman–Crippen LogP) is 18.8. The van der Waals surface area contributed by atoms with Crippen molar-refractivity contribution in [1.29, 1.82) is 0 Å². The molecule has 0 atom stereocenters. The Labute approximate surface area is 383 Å². The second-order valence-corrected chi connectivity index (χ2v) is 19.5. The van der Waals surface area contributed by atoms with Crippen LogP contribution in [0.4, 0.5) is 114 Å². The van der Waals surface area contributed by atoms with Gasteiger partial charge in [0, 0.05) is 36.2 Å². The molecule has 6 aromatic rings. The van der Waals surface area contributed by atoms with E-state index < -0.39 is 119 Å². The van der Waals surface area contributed by atoms with Crippen LogP contribution in [0.25, 0.3) is 50.8 Å². The summed E-state index contributed by atoms with van der Waals surface area (Å²) in [6, 6.07) is 8.64. The summed E-state index contributed by atoms with van der Waals surface area (Å²) in [5, 5.41) is 4.64. The van der Waals surface area contributed by atoms with Gasteiger partial charge in [-0.3, -0.25) is 0 Å². The third kappa shape index (κ3) is 7.39. The highest BCUT2D eigenvalue weighted by Gasteiger charge is 2.93. The van der Waals surface area contributed by atoms with E-state index in [9.17, 15) is 61.5 Å². The van der Waals surface area contributed by atoms with E-state index in [-0.39, 0.29) is 47.7 Å². The third-order valence-electron chi connectivity index (χ3n) is 9.54. The zero-order chi connectivity index (χ0) is 51.7. The molecule has 0 fully saturated rings. The molecule has 0 spiro atoms. The SMILES string of the molecule is FC(F)(F)C(F)(F)C(F)(F)C(F)(F)C(F)(F)C(F)(F)c1sc(-c2sc(-c3cccs3)c(-c3cccs3)c2-c2cccs2)c(-c2cccs2)c1C(F)(F)C(F)(F)C(F)(F)C(F)(F)C(F)(F)C(F)(F)F. The fourth-order valence-corrected chi connectivity index (χ4v) is 12.3. The van der Waals surface area contributed by atoms with Gasteiger partial charge in [0.1, 0.15) is 0 Å². The minimum atomic E-state index is -8.93. The largest absolute Gasteiger partial charge is 0.460 e. The first-order valence-electron chi connectivity index (χ1n) is 17.1. The molecule has 0 amide bonds. The zero-order valence-corrected chi connectivity index (χ0v) is 36.1. The van der Waals surface area contributed by atoms with Crippen LogP contribution in [0.2, 0.25) is 0 Å². The fourth-order valence-electron chi connectivity index (χ4n) is 6.09. The summed E-state index contributed by atoms with van der Waals surface area (Å²) in [5.41, 5.74) is -6.99. The van der Waals surface area contributed by atoms with Gasteiger partial charge in [0.2, 0.25) is 0 Å². The van der Waals surface area contributed by atoms with Crippen molar-refractivity contribution in [2.45, 2.75) is 71.6 Å². The Morgan fingerprint density at radius 2 is 0.574 bits per heavy atom.